The average Bonchev–Trinajstić information content (AvgIpc) is 2.83. The van der Waals surface area contributed by atoms with Crippen LogP contribution in [0.1, 0.15) is 22.5 Å². The van der Waals surface area contributed by atoms with Crippen molar-refractivity contribution < 1.29 is 17.9 Å². The molecular formula is C13H13F3N4O2. The second-order valence-electron chi connectivity index (χ2n) is 5.05. The largest absolute Gasteiger partial charge is 0.433 e. The molecular weight excluding hydrogens is 301 g/mol. The van der Waals surface area contributed by atoms with E-state index in [2.05, 4.69) is 10.1 Å². The molecule has 0 amide bonds. The highest BCUT2D eigenvalue weighted by Crippen LogP contribution is 2.31. The molecule has 0 aliphatic carbocycles. The fraction of sp³-hybridized carbons (Fsp3) is 0.462. The Morgan fingerprint density at radius 3 is 2.91 bits per heavy atom. The first kappa shape index (κ1) is 14.8. The predicted octanol–water partition coefficient (Wildman–Crippen LogP) is 1.12. The van der Waals surface area contributed by atoms with Gasteiger partial charge in [0.1, 0.15) is 5.69 Å². The van der Waals surface area contributed by atoms with E-state index in [9.17, 15) is 18.0 Å². The summed E-state index contributed by atoms with van der Waals surface area (Å²) in [7, 11) is 1.22. The minimum Gasteiger partial charge on any atom is -0.376 e. The molecule has 0 saturated heterocycles. The van der Waals surface area contributed by atoms with Gasteiger partial charge in [-0.3, -0.25) is 14.0 Å². The first-order chi connectivity index (χ1) is 10.4. The van der Waals surface area contributed by atoms with Gasteiger partial charge in [0.15, 0.2) is 0 Å². The maximum Gasteiger partial charge on any atom is 0.433 e. The molecule has 118 valence electrons. The molecule has 2 aromatic rings. The Bertz CT molecular complexity index is 764. The molecule has 9 heteroatoms. The van der Waals surface area contributed by atoms with Crippen LogP contribution in [0.5, 0.6) is 0 Å². The van der Waals surface area contributed by atoms with E-state index in [0.717, 1.165) is 15.4 Å². The fourth-order valence-electron chi connectivity index (χ4n) is 2.53. The van der Waals surface area contributed by atoms with Gasteiger partial charge in [-0.2, -0.15) is 18.3 Å². The van der Waals surface area contributed by atoms with Gasteiger partial charge in [0.05, 0.1) is 43.5 Å². The molecule has 0 spiro atoms. The smallest absolute Gasteiger partial charge is 0.376 e. The number of rotatable bonds is 2. The normalized spacial score (nSPS) is 14.9. The van der Waals surface area contributed by atoms with Gasteiger partial charge in [-0.1, -0.05) is 0 Å². The number of halogens is 3. The molecule has 1 aliphatic rings. The zero-order valence-corrected chi connectivity index (χ0v) is 11.7. The molecule has 3 rings (SSSR count). The quantitative estimate of drug-likeness (QED) is 0.833. The number of hydrogen-bond acceptors (Lipinski definition) is 4. The fourth-order valence-corrected chi connectivity index (χ4v) is 2.53. The van der Waals surface area contributed by atoms with Crippen LogP contribution in [0.2, 0.25) is 0 Å². The van der Waals surface area contributed by atoms with Crippen molar-refractivity contribution in [1.29, 1.82) is 0 Å². The summed E-state index contributed by atoms with van der Waals surface area (Å²) < 4.78 is 46.2. The minimum absolute atomic E-state index is 0.0735. The lowest BCUT2D eigenvalue weighted by molar-refractivity contribution is -0.144. The third-order valence-electron chi connectivity index (χ3n) is 3.57. The number of alkyl halides is 3. The van der Waals surface area contributed by atoms with Gasteiger partial charge >= 0.3 is 6.18 Å². The summed E-state index contributed by atoms with van der Waals surface area (Å²) in [5, 5.41) is 3.63. The number of ether oxygens (including phenoxy) is 1. The summed E-state index contributed by atoms with van der Waals surface area (Å²) >= 11 is 0. The van der Waals surface area contributed by atoms with Gasteiger partial charge in [-0.05, 0) is 0 Å². The van der Waals surface area contributed by atoms with Crippen LogP contribution in [0.3, 0.4) is 0 Å². The SMILES string of the molecule is Cn1ncc(Cn2cnc3c(c2=O)COCC3)c1C(F)(F)F. The highest BCUT2D eigenvalue weighted by Gasteiger charge is 2.37. The Labute approximate surface area is 123 Å². The van der Waals surface area contributed by atoms with Gasteiger partial charge in [-0.25, -0.2) is 4.98 Å². The van der Waals surface area contributed by atoms with Crippen LogP contribution in [0, 0.1) is 0 Å². The molecule has 6 nitrogen and oxygen atoms in total. The van der Waals surface area contributed by atoms with Crippen LogP contribution < -0.4 is 5.56 Å². The first-order valence-corrected chi connectivity index (χ1v) is 6.61. The maximum absolute atomic E-state index is 13.0. The lowest BCUT2D eigenvalue weighted by atomic mass is 10.1. The minimum atomic E-state index is -4.53. The van der Waals surface area contributed by atoms with E-state index in [1.165, 1.54) is 13.4 Å². The van der Waals surface area contributed by atoms with E-state index in [1.54, 1.807) is 0 Å². The second kappa shape index (κ2) is 5.24. The van der Waals surface area contributed by atoms with Crippen molar-refractivity contribution in [2.45, 2.75) is 25.7 Å². The van der Waals surface area contributed by atoms with Gasteiger partial charge in [0, 0.05) is 19.0 Å². The molecule has 3 heterocycles. The van der Waals surface area contributed by atoms with E-state index in [4.69, 9.17) is 4.74 Å². The van der Waals surface area contributed by atoms with Crippen molar-refractivity contribution >= 4 is 0 Å². The maximum atomic E-state index is 13.0. The highest BCUT2D eigenvalue weighted by atomic mass is 19.4. The number of aromatic nitrogens is 4. The molecule has 0 fully saturated rings. The highest BCUT2D eigenvalue weighted by molar-refractivity contribution is 5.23. The third kappa shape index (κ3) is 2.52. The lowest BCUT2D eigenvalue weighted by Crippen LogP contribution is -2.30. The van der Waals surface area contributed by atoms with E-state index < -0.39 is 11.9 Å². The number of nitrogens with zero attached hydrogens (tertiary/aromatic N) is 4. The van der Waals surface area contributed by atoms with Crippen molar-refractivity contribution in [3.63, 3.8) is 0 Å². The van der Waals surface area contributed by atoms with Crippen LogP contribution in [-0.4, -0.2) is 25.9 Å². The van der Waals surface area contributed by atoms with Crippen molar-refractivity contribution in [2.24, 2.45) is 7.05 Å². The van der Waals surface area contributed by atoms with Crippen LogP contribution in [0.4, 0.5) is 13.2 Å². The zero-order chi connectivity index (χ0) is 15.9. The predicted molar refractivity (Wildman–Crippen MR) is 69.2 cm³/mol. The van der Waals surface area contributed by atoms with Gasteiger partial charge in [0.25, 0.3) is 5.56 Å². The van der Waals surface area contributed by atoms with Crippen molar-refractivity contribution in [2.75, 3.05) is 6.61 Å². The van der Waals surface area contributed by atoms with Gasteiger partial charge in [-0.15, -0.1) is 0 Å². The zero-order valence-electron chi connectivity index (χ0n) is 11.7. The van der Waals surface area contributed by atoms with Crippen LogP contribution >= 0.6 is 0 Å². The van der Waals surface area contributed by atoms with Crippen LogP contribution in [0.15, 0.2) is 17.3 Å². The topological polar surface area (TPSA) is 61.9 Å². The summed E-state index contributed by atoms with van der Waals surface area (Å²) in [4.78, 5) is 16.5. The lowest BCUT2D eigenvalue weighted by Gasteiger charge is -2.16. The summed E-state index contributed by atoms with van der Waals surface area (Å²) in [5.74, 6) is 0. The molecule has 0 bridgehead atoms. The van der Waals surface area contributed by atoms with E-state index in [-0.39, 0.29) is 24.3 Å². The summed E-state index contributed by atoms with van der Waals surface area (Å²) in [5.41, 5.74) is -0.258. The summed E-state index contributed by atoms with van der Waals surface area (Å²) in [6.07, 6.45) is -1.61. The molecule has 22 heavy (non-hydrogen) atoms. The molecule has 0 N–H and O–H groups in total. The summed E-state index contributed by atoms with van der Waals surface area (Å²) in [6, 6.07) is 0. The first-order valence-electron chi connectivity index (χ1n) is 6.61. The number of hydrogen-bond donors (Lipinski definition) is 0. The number of fused-ring (bicyclic) bond motifs is 1. The van der Waals surface area contributed by atoms with Crippen molar-refractivity contribution in [1.82, 2.24) is 19.3 Å². The van der Waals surface area contributed by atoms with Crippen molar-refractivity contribution in [3.05, 3.63) is 45.4 Å². The third-order valence-corrected chi connectivity index (χ3v) is 3.57. The van der Waals surface area contributed by atoms with Crippen LogP contribution in [0.25, 0.3) is 0 Å². The Morgan fingerprint density at radius 1 is 1.41 bits per heavy atom. The Morgan fingerprint density at radius 2 is 2.18 bits per heavy atom. The van der Waals surface area contributed by atoms with Gasteiger partial charge < -0.3 is 4.74 Å². The number of aryl methyl sites for hydroxylation is 1. The standard InChI is InChI=1S/C13H13F3N4O2/c1-19-11(13(14,15)16)8(4-18-19)5-20-7-17-10-2-3-22-6-9(10)12(20)21/h4,7H,2-3,5-6H2,1H3. The van der Waals surface area contributed by atoms with E-state index in [1.807, 2.05) is 0 Å². The molecule has 0 unspecified atom stereocenters. The van der Waals surface area contributed by atoms with E-state index in [0.29, 0.717) is 24.3 Å². The molecule has 0 aromatic carbocycles. The summed E-state index contributed by atoms with van der Waals surface area (Å²) in [6.45, 7) is 0.396. The molecule has 0 saturated carbocycles. The van der Waals surface area contributed by atoms with Crippen LogP contribution in [-0.2, 0) is 37.5 Å². The molecule has 0 radical (unpaired) electrons. The van der Waals surface area contributed by atoms with Crippen molar-refractivity contribution in [3.8, 4) is 0 Å². The molecule has 2 aromatic heterocycles. The van der Waals surface area contributed by atoms with Gasteiger partial charge in [0.2, 0.25) is 0 Å². The second-order valence-corrected chi connectivity index (χ2v) is 5.05. The Balaban J connectivity index is 2.00. The monoisotopic (exact) mass is 314 g/mol. The Hall–Kier alpha value is -2.16. The Kier molecular flexibility index (Phi) is 3.51. The molecule has 0 atom stereocenters. The average molecular weight is 314 g/mol. The van der Waals surface area contributed by atoms with E-state index >= 15 is 0 Å². The molecule has 1 aliphatic heterocycles.